The summed E-state index contributed by atoms with van der Waals surface area (Å²) in [5, 5.41) is 1.58. The first kappa shape index (κ1) is 11.7. The number of carbonyl (C=O) groups excluding carboxylic acids is 2. The number of imide groups is 1. The van der Waals surface area contributed by atoms with Crippen LogP contribution >= 0.6 is 0 Å². The van der Waals surface area contributed by atoms with Crippen molar-refractivity contribution in [3.05, 3.63) is 0 Å². The lowest BCUT2D eigenvalue weighted by molar-refractivity contribution is 0.236. The minimum Gasteiger partial charge on any atom is -0.351 e. The average Bonchev–Trinajstić information content (AvgIpc) is 2.06. The van der Waals surface area contributed by atoms with Gasteiger partial charge in [-0.2, -0.15) is 0 Å². The van der Waals surface area contributed by atoms with Crippen molar-refractivity contribution >= 4 is 12.1 Å². The SMILES string of the molecule is C1CCCCC1.NC(=O)NC(N)=O. The Morgan fingerprint density at radius 3 is 1.08 bits per heavy atom. The maximum atomic E-state index is 9.62. The third kappa shape index (κ3) is 10.7. The fourth-order valence-electron chi connectivity index (χ4n) is 1.18. The number of amides is 4. The third-order valence-corrected chi connectivity index (χ3v) is 1.75. The van der Waals surface area contributed by atoms with Crippen LogP contribution < -0.4 is 16.8 Å². The number of urea groups is 2. The van der Waals surface area contributed by atoms with Crippen molar-refractivity contribution in [2.24, 2.45) is 11.5 Å². The topological polar surface area (TPSA) is 98.2 Å². The third-order valence-electron chi connectivity index (χ3n) is 1.75. The van der Waals surface area contributed by atoms with Crippen LogP contribution in [-0.4, -0.2) is 12.1 Å². The largest absolute Gasteiger partial charge is 0.351 e. The molecule has 0 aromatic rings. The molecular weight excluding hydrogens is 170 g/mol. The van der Waals surface area contributed by atoms with Crippen molar-refractivity contribution in [1.82, 2.24) is 5.32 Å². The Kier molecular flexibility index (Phi) is 6.68. The molecule has 0 atom stereocenters. The lowest BCUT2D eigenvalue weighted by Gasteiger charge is -2.05. The van der Waals surface area contributed by atoms with E-state index in [9.17, 15) is 9.59 Å². The van der Waals surface area contributed by atoms with Crippen LogP contribution in [0.2, 0.25) is 0 Å². The van der Waals surface area contributed by atoms with Crippen LogP contribution in [0.1, 0.15) is 38.5 Å². The lowest BCUT2D eigenvalue weighted by Crippen LogP contribution is -2.38. The van der Waals surface area contributed by atoms with Crippen LogP contribution in [0.5, 0.6) is 0 Å². The number of nitrogens with one attached hydrogen (secondary N) is 1. The number of carbonyl (C=O) groups is 2. The molecule has 0 aromatic heterocycles. The molecule has 0 aromatic carbocycles. The molecule has 13 heavy (non-hydrogen) atoms. The van der Waals surface area contributed by atoms with Gasteiger partial charge in [-0.05, 0) is 0 Å². The summed E-state index contributed by atoms with van der Waals surface area (Å²) >= 11 is 0. The Morgan fingerprint density at radius 2 is 1.00 bits per heavy atom. The molecule has 1 aliphatic carbocycles. The standard InChI is InChI=1S/C6H12.C2H5N3O2/c1-2-4-6-5-3-1;3-1(6)5-2(4)7/h1-6H2;(H5,3,4,5,6,7). The van der Waals surface area contributed by atoms with Gasteiger partial charge < -0.3 is 11.5 Å². The average molecular weight is 187 g/mol. The van der Waals surface area contributed by atoms with E-state index in [1.807, 2.05) is 0 Å². The van der Waals surface area contributed by atoms with Gasteiger partial charge in [-0.3, -0.25) is 5.32 Å². The summed E-state index contributed by atoms with van der Waals surface area (Å²) in [5.41, 5.74) is 8.88. The molecule has 1 aliphatic rings. The first-order valence-corrected chi connectivity index (χ1v) is 4.49. The molecule has 0 unspecified atom stereocenters. The van der Waals surface area contributed by atoms with Crippen LogP contribution in [0.15, 0.2) is 0 Å². The van der Waals surface area contributed by atoms with E-state index in [0.717, 1.165) is 0 Å². The zero-order chi connectivity index (χ0) is 10.1. The van der Waals surface area contributed by atoms with Crippen molar-refractivity contribution in [1.29, 1.82) is 0 Å². The number of rotatable bonds is 0. The molecule has 0 bridgehead atoms. The first-order valence-electron chi connectivity index (χ1n) is 4.49. The zero-order valence-corrected chi connectivity index (χ0v) is 7.71. The van der Waals surface area contributed by atoms with Crippen molar-refractivity contribution in [2.75, 3.05) is 0 Å². The van der Waals surface area contributed by atoms with Gasteiger partial charge >= 0.3 is 12.1 Å². The Labute approximate surface area is 77.8 Å². The minimum absolute atomic E-state index is 0.937. The highest BCUT2D eigenvalue weighted by Gasteiger charge is 1.95. The predicted octanol–water partition coefficient (Wildman–Crippen LogP) is 1.07. The molecule has 5 nitrogen and oxygen atoms in total. The first-order chi connectivity index (χ1) is 6.13. The van der Waals surface area contributed by atoms with E-state index < -0.39 is 12.1 Å². The molecule has 0 radical (unpaired) electrons. The molecule has 0 spiro atoms. The van der Waals surface area contributed by atoms with Crippen LogP contribution in [0.3, 0.4) is 0 Å². The van der Waals surface area contributed by atoms with Gasteiger partial charge in [-0.25, -0.2) is 9.59 Å². The molecule has 0 saturated heterocycles. The molecule has 1 saturated carbocycles. The van der Waals surface area contributed by atoms with Crippen molar-refractivity contribution < 1.29 is 9.59 Å². The molecule has 4 amide bonds. The normalized spacial score (nSPS) is 15.1. The van der Waals surface area contributed by atoms with E-state index in [2.05, 4.69) is 11.5 Å². The zero-order valence-electron chi connectivity index (χ0n) is 7.71. The molecule has 76 valence electrons. The van der Waals surface area contributed by atoms with Gasteiger partial charge in [0.15, 0.2) is 0 Å². The Hall–Kier alpha value is -1.26. The summed E-state index contributed by atoms with van der Waals surface area (Å²) in [6.07, 6.45) is 9.00. The van der Waals surface area contributed by atoms with E-state index in [0.29, 0.717) is 0 Å². The van der Waals surface area contributed by atoms with E-state index in [4.69, 9.17) is 0 Å². The maximum absolute atomic E-state index is 9.62. The van der Waals surface area contributed by atoms with E-state index >= 15 is 0 Å². The number of hydrogen-bond acceptors (Lipinski definition) is 2. The van der Waals surface area contributed by atoms with Crippen LogP contribution in [-0.2, 0) is 0 Å². The van der Waals surface area contributed by atoms with E-state index in [1.165, 1.54) is 38.5 Å². The maximum Gasteiger partial charge on any atom is 0.320 e. The highest BCUT2D eigenvalue weighted by atomic mass is 16.2. The van der Waals surface area contributed by atoms with Gasteiger partial charge in [0.25, 0.3) is 0 Å². The second-order valence-electron chi connectivity index (χ2n) is 2.97. The summed E-state index contributed by atoms with van der Waals surface area (Å²) in [6.45, 7) is 0. The molecule has 0 heterocycles. The van der Waals surface area contributed by atoms with Gasteiger partial charge in [0, 0.05) is 0 Å². The lowest BCUT2D eigenvalue weighted by atomic mass is 10.0. The molecule has 0 aliphatic heterocycles. The summed E-state index contributed by atoms with van der Waals surface area (Å²) < 4.78 is 0. The molecule has 1 rings (SSSR count). The summed E-state index contributed by atoms with van der Waals surface area (Å²) in [6, 6.07) is -1.88. The monoisotopic (exact) mass is 187 g/mol. The summed E-state index contributed by atoms with van der Waals surface area (Å²) in [4.78, 5) is 19.2. The van der Waals surface area contributed by atoms with Crippen LogP contribution in [0.25, 0.3) is 0 Å². The van der Waals surface area contributed by atoms with Gasteiger partial charge in [0.1, 0.15) is 0 Å². The fraction of sp³-hybridized carbons (Fsp3) is 0.750. The second kappa shape index (κ2) is 7.39. The molecular formula is C8H17N3O2. The Morgan fingerprint density at radius 1 is 0.769 bits per heavy atom. The fourth-order valence-corrected chi connectivity index (χ4v) is 1.18. The number of nitrogens with two attached hydrogens (primary N) is 2. The number of hydrogen-bond donors (Lipinski definition) is 3. The number of primary amides is 2. The minimum atomic E-state index is -0.938. The van der Waals surface area contributed by atoms with Crippen molar-refractivity contribution in [3.8, 4) is 0 Å². The second-order valence-corrected chi connectivity index (χ2v) is 2.97. The Balaban J connectivity index is 0.000000223. The highest BCUT2D eigenvalue weighted by Crippen LogP contribution is 2.15. The highest BCUT2D eigenvalue weighted by molar-refractivity contribution is 5.91. The Bertz CT molecular complexity index is 143. The quantitative estimate of drug-likeness (QED) is 0.528. The van der Waals surface area contributed by atoms with Crippen LogP contribution in [0.4, 0.5) is 9.59 Å². The van der Waals surface area contributed by atoms with Gasteiger partial charge in [-0.1, -0.05) is 38.5 Å². The van der Waals surface area contributed by atoms with E-state index in [-0.39, 0.29) is 0 Å². The van der Waals surface area contributed by atoms with E-state index in [1.54, 1.807) is 5.32 Å². The predicted molar refractivity (Wildman–Crippen MR) is 50.0 cm³/mol. The summed E-state index contributed by atoms with van der Waals surface area (Å²) in [5.74, 6) is 0. The molecule has 5 heteroatoms. The molecule has 1 fully saturated rings. The van der Waals surface area contributed by atoms with Crippen molar-refractivity contribution in [3.63, 3.8) is 0 Å². The van der Waals surface area contributed by atoms with Gasteiger partial charge in [0.2, 0.25) is 0 Å². The summed E-state index contributed by atoms with van der Waals surface area (Å²) in [7, 11) is 0. The van der Waals surface area contributed by atoms with Gasteiger partial charge in [-0.15, -0.1) is 0 Å². The smallest absolute Gasteiger partial charge is 0.320 e. The van der Waals surface area contributed by atoms with Crippen molar-refractivity contribution in [2.45, 2.75) is 38.5 Å². The molecule has 5 N–H and O–H groups in total. The van der Waals surface area contributed by atoms with Gasteiger partial charge in [0.05, 0.1) is 0 Å². The van der Waals surface area contributed by atoms with Crippen LogP contribution in [0, 0.1) is 0 Å².